The Morgan fingerprint density at radius 3 is 2.44 bits per heavy atom. The van der Waals surface area contributed by atoms with Crippen molar-refractivity contribution in [3.8, 4) is 0 Å². The van der Waals surface area contributed by atoms with Crippen LogP contribution >= 0.6 is 23.2 Å². The smallest absolute Gasteiger partial charge is 0.0652 e. The van der Waals surface area contributed by atoms with Gasteiger partial charge in [-0.3, -0.25) is 0 Å². The molecule has 1 nitrogen and oxygen atoms in total. The fourth-order valence-corrected chi connectivity index (χ4v) is 2.27. The van der Waals surface area contributed by atoms with Crippen LogP contribution in [0.2, 0.25) is 10.0 Å². The number of hydrogen-bond acceptors (Lipinski definition) is 1. The van der Waals surface area contributed by atoms with Crippen LogP contribution in [0.25, 0.3) is 0 Å². The summed E-state index contributed by atoms with van der Waals surface area (Å²) in [4.78, 5) is 0. The molecule has 1 atom stereocenters. The van der Waals surface area contributed by atoms with E-state index in [1.54, 1.807) is 6.07 Å². The largest absolute Gasteiger partial charge is 0.383 e. The van der Waals surface area contributed by atoms with E-state index in [1.807, 2.05) is 18.2 Å². The second kappa shape index (κ2) is 6.12. The maximum absolute atomic E-state index is 6.11. The molecule has 0 bridgehead atoms. The zero-order valence-electron chi connectivity index (χ0n) is 10.2. The highest BCUT2D eigenvalue weighted by atomic mass is 35.5. The molecule has 0 aliphatic rings. The van der Waals surface area contributed by atoms with Gasteiger partial charge in [-0.15, -0.1) is 0 Å². The molecule has 2 rings (SSSR count). The summed E-state index contributed by atoms with van der Waals surface area (Å²) in [5.41, 5.74) is 2.24. The third-order valence-corrected chi connectivity index (χ3v) is 3.45. The van der Waals surface area contributed by atoms with Crippen LogP contribution in [0, 0.1) is 0 Å². The topological polar surface area (TPSA) is 12.0 Å². The molecular formula is C15H15Cl2N. The summed E-state index contributed by atoms with van der Waals surface area (Å²) in [6.45, 7) is 3.03. The van der Waals surface area contributed by atoms with Crippen LogP contribution in [-0.4, -0.2) is 6.54 Å². The third-order valence-electron chi connectivity index (χ3n) is 2.90. The molecule has 3 heteroatoms. The van der Waals surface area contributed by atoms with Gasteiger partial charge in [0.1, 0.15) is 0 Å². The quantitative estimate of drug-likeness (QED) is 0.810. The van der Waals surface area contributed by atoms with Crippen molar-refractivity contribution < 1.29 is 0 Å². The lowest BCUT2D eigenvalue weighted by Gasteiger charge is -2.15. The molecule has 0 radical (unpaired) electrons. The van der Waals surface area contributed by atoms with E-state index < -0.39 is 0 Å². The van der Waals surface area contributed by atoms with Crippen LogP contribution in [0.4, 0.5) is 5.69 Å². The highest BCUT2D eigenvalue weighted by Gasteiger charge is 2.06. The Kier molecular flexibility index (Phi) is 4.51. The van der Waals surface area contributed by atoms with Crippen molar-refractivity contribution in [2.24, 2.45) is 0 Å². The van der Waals surface area contributed by atoms with Crippen LogP contribution in [0.5, 0.6) is 0 Å². The fraction of sp³-hybridized carbons (Fsp3) is 0.200. The van der Waals surface area contributed by atoms with Gasteiger partial charge in [-0.05, 0) is 29.7 Å². The van der Waals surface area contributed by atoms with Crippen molar-refractivity contribution in [2.45, 2.75) is 12.8 Å². The van der Waals surface area contributed by atoms with Crippen LogP contribution in [0.3, 0.4) is 0 Å². The van der Waals surface area contributed by atoms with Crippen molar-refractivity contribution in [3.05, 3.63) is 64.1 Å². The standard InChI is InChI=1S/C15H15Cl2N/c1-11(12-5-3-2-4-6-12)10-18-15-8-7-13(16)9-14(15)17/h2-9,11,18H,10H2,1H3. The van der Waals surface area contributed by atoms with E-state index in [4.69, 9.17) is 23.2 Å². The van der Waals surface area contributed by atoms with Crippen LogP contribution in [-0.2, 0) is 0 Å². The Labute approximate surface area is 118 Å². The summed E-state index contributed by atoms with van der Waals surface area (Å²) >= 11 is 12.0. The van der Waals surface area contributed by atoms with E-state index in [-0.39, 0.29) is 0 Å². The molecule has 0 spiro atoms. The lowest BCUT2D eigenvalue weighted by Crippen LogP contribution is -2.09. The van der Waals surface area contributed by atoms with Gasteiger partial charge in [0.25, 0.3) is 0 Å². The van der Waals surface area contributed by atoms with E-state index in [0.29, 0.717) is 16.0 Å². The van der Waals surface area contributed by atoms with Crippen LogP contribution in [0.15, 0.2) is 48.5 Å². The summed E-state index contributed by atoms with van der Waals surface area (Å²) in [6.07, 6.45) is 0. The minimum atomic E-state index is 0.429. The van der Waals surface area contributed by atoms with E-state index in [0.717, 1.165) is 12.2 Å². The van der Waals surface area contributed by atoms with E-state index >= 15 is 0 Å². The lowest BCUT2D eigenvalue weighted by molar-refractivity contribution is 0.805. The molecule has 1 N–H and O–H groups in total. The van der Waals surface area contributed by atoms with E-state index in [9.17, 15) is 0 Å². The van der Waals surface area contributed by atoms with Gasteiger partial charge in [-0.2, -0.15) is 0 Å². The van der Waals surface area contributed by atoms with Gasteiger partial charge in [0.2, 0.25) is 0 Å². The molecule has 0 aromatic heterocycles. The Bertz CT molecular complexity index is 511. The monoisotopic (exact) mass is 279 g/mol. The highest BCUT2D eigenvalue weighted by Crippen LogP contribution is 2.26. The van der Waals surface area contributed by atoms with Crippen molar-refractivity contribution in [1.29, 1.82) is 0 Å². The average Bonchev–Trinajstić information content (AvgIpc) is 2.38. The first-order valence-corrected chi connectivity index (χ1v) is 6.66. The average molecular weight is 280 g/mol. The van der Waals surface area contributed by atoms with Crippen LogP contribution < -0.4 is 5.32 Å². The van der Waals surface area contributed by atoms with Crippen molar-refractivity contribution in [1.82, 2.24) is 0 Å². The van der Waals surface area contributed by atoms with Gasteiger partial charge < -0.3 is 5.32 Å². The maximum Gasteiger partial charge on any atom is 0.0652 e. The number of halogens is 2. The molecule has 0 aliphatic heterocycles. The number of anilines is 1. The molecule has 2 aromatic carbocycles. The zero-order chi connectivity index (χ0) is 13.0. The Morgan fingerprint density at radius 1 is 1.06 bits per heavy atom. The second-order valence-electron chi connectivity index (χ2n) is 4.32. The van der Waals surface area contributed by atoms with Gasteiger partial charge in [0, 0.05) is 11.6 Å². The second-order valence-corrected chi connectivity index (χ2v) is 5.16. The van der Waals surface area contributed by atoms with Gasteiger partial charge in [0.15, 0.2) is 0 Å². The number of rotatable bonds is 4. The van der Waals surface area contributed by atoms with Gasteiger partial charge in [-0.25, -0.2) is 0 Å². The summed E-state index contributed by atoms with van der Waals surface area (Å²) < 4.78 is 0. The molecular weight excluding hydrogens is 265 g/mol. The first-order valence-electron chi connectivity index (χ1n) is 5.90. The molecule has 1 unspecified atom stereocenters. The molecule has 0 heterocycles. The van der Waals surface area contributed by atoms with Crippen LogP contribution in [0.1, 0.15) is 18.4 Å². The van der Waals surface area contributed by atoms with Crippen molar-refractivity contribution >= 4 is 28.9 Å². The molecule has 18 heavy (non-hydrogen) atoms. The highest BCUT2D eigenvalue weighted by molar-refractivity contribution is 6.36. The first kappa shape index (κ1) is 13.3. The van der Waals surface area contributed by atoms with Gasteiger partial charge >= 0.3 is 0 Å². The number of benzene rings is 2. The van der Waals surface area contributed by atoms with E-state index in [2.05, 4.69) is 36.5 Å². The molecule has 0 fully saturated rings. The molecule has 0 saturated carbocycles. The minimum Gasteiger partial charge on any atom is -0.383 e. The Balaban J connectivity index is 1.99. The Hall–Kier alpha value is -1.18. The molecule has 94 valence electrons. The predicted octanol–water partition coefficient (Wildman–Crippen LogP) is 5.21. The van der Waals surface area contributed by atoms with Crippen molar-refractivity contribution in [2.75, 3.05) is 11.9 Å². The summed E-state index contributed by atoms with van der Waals surface area (Å²) in [6, 6.07) is 15.9. The summed E-state index contributed by atoms with van der Waals surface area (Å²) in [5.74, 6) is 0.429. The SMILES string of the molecule is CC(CNc1ccc(Cl)cc1Cl)c1ccccc1. The summed E-state index contributed by atoms with van der Waals surface area (Å²) in [5, 5.41) is 4.66. The van der Waals surface area contributed by atoms with Crippen molar-refractivity contribution in [3.63, 3.8) is 0 Å². The number of hydrogen-bond donors (Lipinski definition) is 1. The molecule has 0 aliphatic carbocycles. The number of nitrogens with one attached hydrogen (secondary N) is 1. The Morgan fingerprint density at radius 2 is 1.78 bits per heavy atom. The normalized spacial score (nSPS) is 12.2. The zero-order valence-corrected chi connectivity index (χ0v) is 11.7. The predicted molar refractivity (Wildman–Crippen MR) is 79.8 cm³/mol. The lowest BCUT2D eigenvalue weighted by atomic mass is 10.0. The molecule has 0 saturated heterocycles. The summed E-state index contributed by atoms with van der Waals surface area (Å²) in [7, 11) is 0. The van der Waals surface area contributed by atoms with Gasteiger partial charge in [-0.1, -0.05) is 60.5 Å². The maximum atomic E-state index is 6.11. The van der Waals surface area contributed by atoms with E-state index in [1.165, 1.54) is 5.56 Å². The van der Waals surface area contributed by atoms with Gasteiger partial charge in [0.05, 0.1) is 10.7 Å². The minimum absolute atomic E-state index is 0.429. The fourth-order valence-electron chi connectivity index (χ4n) is 1.80. The third kappa shape index (κ3) is 3.41. The molecule has 2 aromatic rings. The first-order chi connectivity index (χ1) is 8.66. The molecule has 0 amide bonds.